The molecule has 1 aliphatic heterocycles. The number of fused-ring (bicyclic) bond motifs is 2. The summed E-state index contributed by atoms with van der Waals surface area (Å²) in [6.07, 6.45) is 3.42. The fourth-order valence-corrected chi connectivity index (χ4v) is 4.59. The lowest BCUT2D eigenvalue weighted by molar-refractivity contribution is -0.0593. The van der Waals surface area contributed by atoms with E-state index in [0.29, 0.717) is 51.4 Å². The minimum Gasteiger partial charge on any atom is -0.460 e. The molecule has 9 heteroatoms. The summed E-state index contributed by atoms with van der Waals surface area (Å²) < 4.78 is 19.1. The Morgan fingerprint density at radius 1 is 1.24 bits per heavy atom. The van der Waals surface area contributed by atoms with E-state index >= 15 is 0 Å². The molecule has 2 atom stereocenters. The van der Waals surface area contributed by atoms with Crippen molar-refractivity contribution in [3.05, 3.63) is 59.1 Å². The van der Waals surface area contributed by atoms with Crippen LogP contribution in [0, 0.1) is 13.8 Å². The molecule has 1 fully saturated rings. The summed E-state index contributed by atoms with van der Waals surface area (Å²) in [6.45, 7) is 6.20. The molecule has 4 heterocycles. The summed E-state index contributed by atoms with van der Waals surface area (Å²) in [7, 11) is 3.25. The first-order chi connectivity index (χ1) is 16.3. The first kappa shape index (κ1) is 22.0. The van der Waals surface area contributed by atoms with Gasteiger partial charge >= 0.3 is 0 Å². The van der Waals surface area contributed by atoms with Gasteiger partial charge in [-0.05, 0) is 38.5 Å². The zero-order valence-corrected chi connectivity index (χ0v) is 19.7. The molecular weight excluding hydrogens is 436 g/mol. The Morgan fingerprint density at radius 2 is 2.03 bits per heavy atom. The number of carbonyl (C=O) groups excluding carboxylic acids is 2. The molecule has 1 aromatic carbocycles. The van der Waals surface area contributed by atoms with E-state index in [1.807, 2.05) is 19.9 Å². The second kappa shape index (κ2) is 8.18. The van der Waals surface area contributed by atoms with E-state index in [2.05, 4.69) is 10.4 Å². The van der Waals surface area contributed by atoms with Gasteiger partial charge in [0.2, 0.25) is 0 Å². The summed E-state index contributed by atoms with van der Waals surface area (Å²) in [5.41, 5.74) is 3.15. The summed E-state index contributed by atoms with van der Waals surface area (Å²) >= 11 is 0. The van der Waals surface area contributed by atoms with Crippen molar-refractivity contribution in [1.29, 1.82) is 0 Å². The van der Waals surface area contributed by atoms with Gasteiger partial charge in [-0.1, -0.05) is 0 Å². The van der Waals surface area contributed by atoms with Crippen molar-refractivity contribution in [3.8, 4) is 11.5 Å². The molecule has 5 rings (SSSR count). The molecule has 1 N–H and O–H groups in total. The number of rotatable bonds is 5. The number of methoxy groups -OCH3 is 1. The van der Waals surface area contributed by atoms with E-state index in [0.717, 1.165) is 5.56 Å². The molecule has 9 nitrogen and oxygen atoms in total. The summed E-state index contributed by atoms with van der Waals surface area (Å²) in [4.78, 5) is 27.2. The van der Waals surface area contributed by atoms with Gasteiger partial charge in [0.1, 0.15) is 22.6 Å². The van der Waals surface area contributed by atoms with Crippen LogP contribution in [0.1, 0.15) is 39.0 Å². The highest BCUT2D eigenvalue weighted by atomic mass is 16.5. The number of ether oxygens (including phenoxy) is 2. The lowest BCUT2D eigenvalue weighted by Gasteiger charge is -2.45. The number of furan rings is 1. The number of likely N-dealkylation sites (tertiary alicyclic amines) is 1. The largest absolute Gasteiger partial charge is 0.460 e. The number of aryl methyl sites for hydroxylation is 2. The van der Waals surface area contributed by atoms with E-state index in [4.69, 9.17) is 13.9 Å². The molecule has 1 aliphatic rings. The third-order valence-corrected chi connectivity index (χ3v) is 6.61. The van der Waals surface area contributed by atoms with Gasteiger partial charge in [0.15, 0.2) is 5.75 Å². The zero-order chi connectivity index (χ0) is 24.1. The highest BCUT2D eigenvalue weighted by molar-refractivity contribution is 6.07. The van der Waals surface area contributed by atoms with Gasteiger partial charge in [-0.2, -0.15) is 5.10 Å². The first-order valence-electron chi connectivity index (χ1n) is 11.1. The van der Waals surface area contributed by atoms with Gasteiger partial charge in [0.25, 0.3) is 11.8 Å². The maximum atomic E-state index is 13.2. The minimum absolute atomic E-state index is 0.0201. The van der Waals surface area contributed by atoms with Gasteiger partial charge in [0.05, 0.1) is 29.5 Å². The van der Waals surface area contributed by atoms with Crippen LogP contribution in [0.3, 0.4) is 0 Å². The van der Waals surface area contributed by atoms with Crippen molar-refractivity contribution in [1.82, 2.24) is 19.8 Å². The van der Waals surface area contributed by atoms with E-state index in [1.54, 1.807) is 61.1 Å². The van der Waals surface area contributed by atoms with Crippen molar-refractivity contribution in [3.63, 3.8) is 0 Å². The Morgan fingerprint density at radius 3 is 2.74 bits per heavy atom. The Balaban J connectivity index is 1.48. The monoisotopic (exact) mass is 462 g/mol. The number of amides is 2. The number of aromatic nitrogens is 2. The highest BCUT2D eigenvalue weighted by Gasteiger charge is 2.40. The van der Waals surface area contributed by atoms with Crippen molar-refractivity contribution >= 4 is 28.3 Å². The molecule has 34 heavy (non-hydrogen) atoms. The summed E-state index contributed by atoms with van der Waals surface area (Å²) in [6, 6.07) is 7.13. The van der Waals surface area contributed by atoms with Crippen LogP contribution in [0.4, 0.5) is 0 Å². The van der Waals surface area contributed by atoms with Crippen LogP contribution in [-0.4, -0.2) is 59.2 Å². The number of hydrogen-bond donors (Lipinski definition) is 1. The van der Waals surface area contributed by atoms with E-state index in [-0.39, 0.29) is 24.0 Å². The lowest BCUT2D eigenvalue weighted by atomic mass is 9.99. The fraction of sp³-hybridized carbons (Fsp3) is 0.320. The Hall–Kier alpha value is -3.85. The average molecular weight is 463 g/mol. The molecule has 2 amide bonds. The zero-order valence-electron chi connectivity index (χ0n) is 19.7. The van der Waals surface area contributed by atoms with Crippen molar-refractivity contribution in [2.24, 2.45) is 0 Å². The average Bonchev–Trinajstić information content (AvgIpc) is 3.34. The summed E-state index contributed by atoms with van der Waals surface area (Å²) in [5, 5.41) is 7.73. The molecule has 0 aliphatic carbocycles. The molecule has 1 saturated heterocycles. The van der Waals surface area contributed by atoms with Crippen molar-refractivity contribution in [2.75, 3.05) is 20.7 Å². The molecule has 3 aromatic heterocycles. The van der Waals surface area contributed by atoms with Gasteiger partial charge in [0, 0.05) is 44.4 Å². The van der Waals surface area contributed by atoms with Crippen LogP contribution in [0.15, 0.2) is 41.1 Å². The predicted octanol–water partition coefficient (Wildman–Crippen LogP) is 3.71. The van der Waals surface area contributed by atoms with Crippen LogP contribution < -0.4 is 10.1 Å². The third-order valence-electron chi connectivity index (χ3n) is 6.61. The van der Waals surface area contributed by atoms with Crippen LogP contribution >= 0.6 is 0 Å². The second-order valence-electron chi connectivity index (χ2n) is 8.50. The van der Waals surface area contributed by atoms with Crippen LogP contribution in [0.5, 0.6) is 11.5 Å². The molecule has 4 aromatic rings. The normalized spacial score (nSPS) is 17.7. The maximum Gasteiger partial charge on any atom is 0.256 e. The van der Waals surface area contributed by atoms with Gasteiger partial charge < -0.3 is 24.1 Å². The smallest absolute Gasteiger partial charge is 0.256 e. The van der Waals surface area contributed by atoms with Gasteiger partial charge in [-0.15, -0.1) is 0 Å². The van der Waals surface area contributed by atoms with E-state index < -0.39 is 0 Å². The highest BCUT2D eigenvalue weighted by Crippen LogP contribution is 2.34. The summed E-state index contributed by atoms with van der Waals surface area (Å²) in [5.74, 6) is 1.40. The van der Waals surface area contributed by atoms with Crippen LogP contribution in [-0.2, 0) is 4.74 Å². The standard InChI is InChI=1S/C25H26N4O5/c1-13-18(25(31)28-12-21(32-5)14(28)2)11-29-23(13)19(8-9-27-29)34-16-6-7-17-20(10-16)33-15(3)22(17)24(30)26-4/h6-11,14,21H,12H2,1-5H3,(H,26,30)/t14-,21-/m0/s1. The molecule has 176 valence electrons. The van der Waals surface area contributed by atoms with Crippen LogP contribution in [0.25, 0.3) is 16.5 Å². The Bertz CT molecular complexity index is 1440. The number of hydrogen-bond acceptors (Lipinski definition) is 6. The molecule has 0 radical (unpaired) electrons. The maximum absolute atomic E-state index is 13.2. The minimum atomic E-state index is -0.199. The van der Waals surface area contributed by atoms with Gasteiger partial charge in [-0.25, -0.2) is 4.52 Å². The quantitative estimate of drug-likeness (QED) is 0.486. The molecular formula is C25H26N4O5. The van der Waals surface area contributed by atoms with E-state index in [1.165, 1.54) is 0 Å². The Labute approximate surface area is 196 Å². The van der Waals surface area contributed by atoms with Gasteiger partial charge in [-0.3, -0.25) is 9.59 Å². The molecule has 0 spiro atoms. The Kier molecular flexibility index (Phi) is 5.28. The van der Waals surface area contributed by atoms with E-state index in [9.17, 15) is 9.59 Å². The topological polar surface area (TPSA) is 98.3 Å². The molecule has 0 saturated carbocycles. The second-order valence-corrected chi connectivity index (χ2v) is 8.50. The number of carbonyl (C=O) groups is 2. The first-order valence-corrected chi connectivity index (χ1v) is 11.1. The number of benzene rings is 1. The predicted molar refractivity (Wildman–Crippen MR) is 126 cm³/mol. The van der Waals surface area contributed by atoms with Crippen molar-refractivity contribution < 1.29 is 23.5 Å². The lowest BCUT2D eigenvalue weighted by Crippen LogP contribution is -2.61. The number of nitrogens with zero attached hydrogens (tertiary/aromatic N) is 3. The SMILES string of the molecule is CNC(=O)c1c(C)oc2cc(Oc3ccnn4cc(C(=O)N5C[C@H](OC)[C@@H]5C)c(C)c34)ccc12. The van der Waals surface area contributed by atoms with Crippen molar-refractivity contribution in [2.45, 2.75) is 32.9 Å². The molecule has 0 bridgehead atoms. The molecule has 0 unspecified atom stereocenters. The number of nitrogens with one attached hydrogen (secondary N) is 1. The third kappa shape index (κ3) is 3.31. The fourth-order valence-electron chi connectivity index (χ4n) is 4.59. The van der Waals surface area contributed by atoms with Crippen LogP contribution in [0.2, 0.25) is 0 Å².